The minimum atomic E-state index is -0.0451. The number of nitrogens with zero attached hydrogens (tertiary/aromatic N) is 2. The second-order valence-electron chi connectivity index (χ2n) is 5.28. The first kappa shape index (κ1) is 13.2. The molecule has 0 bridgehead atoms. The van der Waals surface area contributed by atoms with Crippen molar-refractivity contribution < 1.29 is 4.79 Å². The van der Waals surface area contributed by atoms with E-state index in [1.165, 1.54) is 12.8 Å². The summed E-state index contributed by atoms with van der Waals surface area (Å²) in [4.78, 5) is 21.7. The molecule has 2 N–H and O–H groups in total. The van der Waals surface area contributed by atoms with Gasteiger partial charge in [0, 0.05) is 25.7 Å². The summed E-state index contributed by atoms with van der Waals surface area (Å²) in [6.45, 7) is 0.465. The molecule has 0 spiro atoms. The van der Waals surface area contributed by atoms with Crippen LogP contribution in [0.15, 0.2) is 17.6 Å². The number of anilines is 1. The summed E-state index contributed by atoms with van der Waals surface area (Å²) in [5.74, 6) is 0.526. The van der Waals surface area contributed by atoms with Crippen molar-refractivity contribution in [3.63, 3.8) is 0 Å². The van der Waals surface area contributed by atoms with Gasteiger partial charge in [0.2, 0.25) is 0 Å². The van der Waals surface area contributed by atoms with Crippen LogP contribution >= 0.6 is 11.3 Å². The van der Waals surface area contributed by atoms with Crippen LogP contribution in [0.5, 0.6) is 0 Å². The lowest BCUT2D eigenvalue weighted by molar-refractivity contribution is 0.0945. The highest BCUT2D eigenvalue weighted by Crippen LogP contribution is 2.41. The number of hydrogen-bond acceptors (Lipinski definition) is 4. The summed E-state index contributed by atoms with van der Waals surface area (Å²) < 4.78 is 0. The Balaban J connectivity index is 1.62. The molecular weight excluding hydrogens is 272 g/mol. The van der Waals surface area contributed by atoms with Gasteiger partial charge in [-0.15, -0.1) is 11.3 Å². The van der Waals surface area contributed by atoms with Crippen molar-refractivity contribution in [2.45, 2.75) is 25.3 Å². The molecule has 6 heteroatoms. The predicted octanol–water partition coefficient (Wildman–Crippen LogP) is 2.34. The third-order valence-electron chi connectivity index (χ3n) is 3.38. The van der Waals surface area contributed by atoms with E-state index < -0.39 is 0 Å². The minimum Gasteiger partial charge on any atom is -0.357 e. The second-order valence-corrected chi connectivity index (χ2v) is 6.12. The molecule has 0 atom stereocenters. The SMILES string of the molecule is CN(C)c1nc(CNC(=O)c2[nH]ccc2C2CC2)cs1. The van der Waals surface area contributed by atoms with E-state index in [4.69, 9.17) is 0 Å². The van der Waals surface area contributed by atoms with Crippen LogP contribution in [0.3, 0.4) is 0 Å². The maximum absolute atomic E-state index is 12.2. The lowest BCUT2D eigenvalue weighted by Gasteiger charge is -2.06. The normalized spacial score (nSPS) is 14.3. The number of rotatable bonds is 5. The number of amides is 1. The molecule has 2 aromatic rings. The molecule has 106 valence electrons. The van der Waals surface area contributed by atoms with Crippen molar-refractivity contribution in [2.75, 3.05) is 19.0 Å². The Morgan fingerprint density at radius 3 is 3.00 bits per heavy atom. The van der Waals surface area contributed by atoms with Crippen molar-refractivity contribution in [2.24, 2.45) is 0 Å². The fraction of sp³-hybridized carbons (Fsp3) is 0.429. The van der Waals surface area contributed by atoms with Gasteiger partial charge in [-0.3, -0.25) is 4.79 Å². The highest BCUT2D eigenvalue weighted by atomic mass is 32.1. The number of aromatic amines is 1. The van der Waals surface area contributed by atoms with Gasteiger partial charge < -0.3 is 15.2 Å². The van der Waals surface area contributed by atoms with Crippen LogP contribution in [0, 0.1) is 0 Å². The molecule has 1 amide bonds. The molecule has 1 saturated carbocycles. The summed E-state index contributed by atoms with van der Waals surface area (Å²) in [5, 5.41) is 5.86. The Hall–Kier alpha value is -1.82. The first-order chi connectivity index (χ1) is 9.65. The lowest BCUT2D eigenvalue weighted by Crippen LogP contribution is -2.24. The van der Waals surface area contributed by atoms with Gasteiger partial charge in [0.15, 0.2) is 5.13 Å². The molecule has 0 saturated heterocycles. The number of nitrogens with one attached hydrogen (secondary N) is 2. The standard InChI is InChI=1S/C14H18N4OS/c1-18(2)14-17-10(8-20-14)7-16-13(19)12-11(5-6-15-12)9-3-4-9/h5-6,8-9,15H,3-4,7H2,1-2H3,(H,16,19). The Morgan fingerprint density at radius 2 is 2.35 bits per heavy atom. The molecule has 5 nitrogen and oxygen atoms in total. The topological polar surface area (TPSA) is 61.0 Å². The highest BCUT2D eigenvalue weighted by Gasteiger charge is 2.28. The smallest absolute Gasteiger partial charge is 0.268 e. The number of thiazole rings is 1. The van der Waals surface area contributed by atoms with E-state index in [0.29, 0.717) is 18.2 Å². The molecule has 2 heterocycles. The monoisotopic (exact) mass is 290 g/mol. The molecule has 1 fully saturated rings. The van der Waals surface area contributed by atoms with E-state index in [1.54, 1.807) is 11.3 Å². The first-order valence-corrected chi connectivity index (χ1v) is 7.60. The third-order valence-corrected chi connectivity index (χ3v) is 4.43. The summed E-state index contributed by atoms with van der Waals surface area (Å²) in [6.07, 6.45) is 4.22. The van der Waals surface area contributed by atoms with Crippen LogP contribution in [0.2, 0.25) is 0 Å². The Bertz CT molecular complexity index is 612. The van der Waals surface area contributed by atoms with Gasteiger partial charge in [0.1, 0.15) is 5.69 Å². The van der Waals surface area contributed by atoms with Crippen molar-refractivity contribution in [3.05, 3.63) is 34.6 Å². The Morgan fingerprint density at radius 1 is 1.55 bits per heavy atom. The van der Waals surface area contributed by atoms with E-state index >= 15 is 0 Å². The number of hydrogen-bond donors (Lipinski definition) is 2. The van der Waals surface area contributed by atoms with Gasteiger partial charge in [-0.05, 0) is 30.4 Å². The number of carbonyl (C=O) groups excluding carboxylic acids is 1. The maximum atomic E-state index is 12.2. The van der Waals surface area contributed by atoms with Crippen LogP contribution in [-0.2, 0) is 6.54 Å². The van der Waals surface area contributed by atoms with Crippen LogP contribution in [0.1, 0.15) is 40.5 Å². The fourth-order valence-electron chi connectivity index (χ4n) is 2.15. The van der Waals surface area contributed by atoms with E-state index in [9.17, 15) is 4.79 Å². The van der Waals surface area contributed by atoms with Crippen molar-refractivity contribution in [1.29, 1.82) is 0 Å². The fourth-order valence-corrected chi connectivity index (χ4v) is 2.91. The molecular formula is C14H18N4OS. The minimum absolute atomic E-state index is 0.0451. The Labute approximate surface area is 122 Å². The highest BCUT2D eigenvalue weighted by molar-refractivity contribution is 7.13. The number of aromatic nitrogens is 2. The van der Waals surface area contributed by atoms with Gasteiger partial charge in [-0.2, -0.15) is 0 Å². The van der Waals surface area contributed by atoms with Crippen molar-refractivity contribution in [3.8, 4) is 0 Å². The summed E-state index contributed by atoms with van der Waals surface area (Å²) >= 11 is 1.58. The van der Waals surface area contributed by atoms with Gasteiger partial charge in [0.05, 0.1) is 12.2 Å². The van der Waals surface area contributed by atoms with Crippen LogP contribution in [0.25, 0.3) is 0 Å². The molecule has 0 aromatic carbocycles. The summed E-state index contributed by atoms with van der Waals surface area (Å²) in [6, 6.07) is 2.01. The quantitative estimate of drug-likeness (QED) is 0.888. The molecule has 1 aliphatic carbocycles. The molecule has 3 rings (SSSR count). The average Bonchev–Trinajstić information content (AvgIpc) is 2.98. The van der Waals surface area contributed by atoms with Gasteiger partial charge in [0.25, 0.3) is 5.91 Å². The van der Waals surface area contributed by atoms with Gasteiger partial charge in [-0.1, -0.05) is 0 Å². The zero-order chi connectivity index (χ0) is 14.1. The van der Waals surface area contributed by atoms with E-state index in [0.717, 1.165) is 16.4 Å². The van der Waals surface area contributed by atoms with E-state index in [-0.39, 0.29) is 5.91 Å². The average molecular weight is 290 g/mol. The zero-order valence-corrected chi connectivity index (χ0v) is 12.5. The Kier molecular flexibility index (Phi) is 3.48. The summed E-state index contributed by atoms with van der Waals surface area (Å²) in [5.41, 5.74) is 2.75. The molecule has 0 aliphatic heterocycles. The molecule has 0 radical (unpaired) electrons. The third kappa shape index (κ3) is 2.70. The van der Waals surface area contributed by atoms with Crippen LogP contribution in [-0.4, -0.2) is 30.0 Å². The molecule has 1 aliphatic rings. The van der Waals surface area contributed by atoms with Crippen molar-refractivity contribution in [1.82, 2.24) is 15.3 Å². The van der Waals surface area contributed by atoms with Crippen LogP contribution < -0.4 is 10.2 Å². The van der Waals surface area contributed by atoms with Crippen LogP contribution in [0.4, 0.5) is 5.13 Å². The zero-order valence-electron chi connectivity index (χ0n) is 11.6. The second kappa shape index (κ2) is 5.28. The van der Waals surface area contributed by atoms with E-state index in [1.807, 2.05) is 36.6 Å². The first-order valence-electron chi connectivity index (χ1n) is 6.72. The van der Waals surface area contributed by atoms with E-state index in [2.05, 4.69) is 15.3 Å². The number of carbonyl (C=O) groups is 1. The molecule has 0 unspecified atom stereocenters. The molecule has 2 aromatic heterocycles. The largest absolute Gasteiger partial charge is 0.357 e. The van der Waals surface area contributed by atoms with Gasteiger partial charge in [-0.25, -0.2) is 4.98 Å². The van der Waals surface area contributed by atoms with Crippen molar-refractivity contribution >= 4 is 22.4 Å². The molecule has 20 heavy (non-hydrogen) atoms. The maximum Gasteiger partial charge on any atom is 0.268 e. The van der Waals surface area contributed by atoms with Gasteiger partial charge >= 0.3 is 0 Å². The summed E-state index contributed by atoms with van der Waals surface area (Å²) in [7, 11) is 3.92. The predicted molar refractivity (Wildman–Crippen MR) is 80.4 cm³/mol. The number of H-pyrrole nitrogens is 1. The lowest BCUT2D eigenvalue weighted by atomic mass is 10.1.